The standard InChI is InChI=1S/C10H15F3O7S/c1-9(2)18-6-5(20-21(14,15)10(11,12)13)4-17-8(16-3)7(6)19-9/h5-8H,4H2,1-3H3/t5-,6+,7+,8+/m0/s1. The number of rotatable bonds is 3. The lowest BCUT2D eigenvalue weighted by Crippen LogP contribution is -2.54. The van der Waals surface area contributed by atoms with E-state index in [0.717, 1.165) is 0 Å². The molecule has 0 aromatic heterocycles. The van der Waals surface area contributed by atoms with E-state index < -0.39 is 52.6 Å². The van der Waals surface area contributed by atoms with Gasteiger partial charge in [-0.3, -0.25) is 4.18 Å². The smallest absolute Gasteiger partial charge is 0.353 e. The molecule has 0 radical (unpaired) electrons. The number of alkyl halides is 3. The normalized spacial score (nSPS) is 36.5. The Morgan fingerprint density at radius 1 is 1.19 bits per heavy atom. The Balaban J connectivity index is 2.19. The zero-order valence-electron chi connectivity index (χ0n) is 11.4. The first-order valence-corrected chi connectivity index (χ1v) is 7.37. The molecule has 0 bridgehead atoms. The topological polar surface area (TPSA) is 80.3 Å². The molecular formula is C10H15F3O7S. The van der Waals surface area contributed by atoms with Gasteiger partial charge in [0.2, 0.25) is 0 Å². The van der Waals surface area contributed by atoms with Crippen molar-refractivity contribution in [2.45, 2.75) is 49.7 Å². The lowest BCUT2D eigenvalue weighted by Gasteiger charge is -2.35. The van der Waals surface area contributed by atoms with E-state index in [1.807, 2.05) is 0 Å². The van der Waals surface area contributed by atoms with Crippen LogP contribution in [0.1, 0.15) is 13.8 Å². The van der Waals surface area contributed by atoms with Crippen LogP contribution in [0.15, 0.2) is 0 Å². The minimum absolute atomic E-state index is 0.436. The summed E-state index contributed by atoms with van der Waals surface area (Å²) >= 11 is 0. The fraction of sp³-hybridized carbons (Fsp3) is 1.00. The molecule has 2 aliphatic rings. The van der Waals surface area contributed by atoms with Crippen LogP contribution >= 0.6 is 0 Å². The third-order valence-corrected chi connectivity index (χ3v) is 4.06. The highest BCUT2D eigenvalue weighted by atomic mass is 32.2. The molecule has 0 N–H and O–H groups in total. The second-order valence-electron chi connectivity index (χ2n) is 5.04. The first-order valence-electron chi connectivity index (χ1n) is 5.96. The summed E-state index contributed by atoms with van der Waals surface area (Å²) in [4.78, 5) is 0. The van der Waals surface area contributed by atoms with Crippen LogP contribution < -0.4 is 0 Å². The number of fused-ring (bicyclic) bond motifs is 1. The summed E-state index contributed by atoms with van der Waals surface area (Å²) < 4.78 is 84.5. The second kappa shape index (κ2) is 5.32. The van der Waals surface area contributed by atoms with Gasteiger partial charge in [-0.05, 0) is 13.8 Å². The number of methoxy groups -OCH3 is 1. The molecule has 0 amide bonds. The van der Waals surface area contributed by atoms with Crippen molar-refractivity contribution in [3.05, 3.63) is 0 Å². The van der Waals surface area contributed by atoms with E-state index in [4.69, 9.17) is 18.9 Å². The molecule has 2 rings (SSSR count). The lowest BCUT2D eigenvalue weighted by atomic mass is 10.1. The van der Waals surface area contributed by atoms with Gasteiger partial charge < -0.3 is 18.9 Å². The van der Waals surface area contributed by atoms with E-state index in [2.05, 4.69) is 4.18 Å². The SMILES string of the molecule is CO[C@@H]1OC[C@H](OS(=O)(=O)C(F)(F)F)[C@H]2OC(C)(C)O[C@@H]12. The van der Waals surface area contributed by atoms with Gasteiger partial charge in [0.1, 0.15) is 18.3 Å². The molecule has 2 fully saturated rings. The van der Waals surface area contributed by atoms with Crippen LogP contribution in [0.5, 0.6) is 0 Å². The molecule has 0 aliphatic carbocycles. The first kappa shape index (κ1) is 16.9. The number of halogens is 3. The van der Waals surface area contributed by atoms with Crippen molar-refractivity contribution < 1.29 is 44.7 Å². The maximum absolute atomic E-state index is 12.4. The molecule has 0 spiro atoms. The minimum atomic E-state index is -5.75. The van der Waals surface area contributed by atoms with Crippen molar-refractivity contribution in [3.8, 4) is 0 Å². The molecule has 0 unspecified atom stereocenters. The number of hydrogen-bond acceptors (Lipinski definition) is 7. The first-order chi connectivity index (χ1) is 9.47. The highest BCUT2D eigenvalue weighted by molar-refractivity contribution is 7.87. The van der Waals surface area contributed by atoms with E-state index in [0.29, 0.717) is 0 Å². The van der Waals surface area contributed by atoms with Crippen LogP contribution in [0, 0.1) is 0 Å². The molecule has 124 valence electrons. The minimum Gasteiger partial charge on any atom is -0.353 e. The molecule has 11 heteroatoms. The number of hydrogen-bond donors (Lipinski definition) is 0. The van der Waals surface area contributed by atoms with Crippen LogP contribution in [0.3, 0.4) is 0 Å². The zero-order valence-corrected chi connectivity index (χ0v) is 12.2. The highest BCUT2D eigenvalue weighted by Gasteiger charge is 2.56. The second-order valence-corrected chi connectivity index (χ2v) is 6.60. The van der Waals surface area contributed by atoms with Crippen LogP contribution in [0.2, 0.25) is 0 Å². The zero-order chi connectivity index (χ0) is 16.1. The van der Waals surface area contributed by atoms with Gasteiger partial charge in [0, 0.05) is 7.11 Å². The Kier molecular flexibility index (Phi) is 4.28. The predicted molar refractivity (Wildman–Crippen MR) is 60.4 cm³/mol. The Morgan fingerprint density at radius 2 is 1.76 bits per heavy atom. The maximum Gasteiger partial charge on any atom is 0.523 e. The van der Waals surface area contributed by atoms with E-state index in [1.165, 1.54) is 21.0 Å². The molecule has 4 atom stereocenters. The summed E-state index contributed by atoms with van der Waals surface area (Å²) in [6.45, 7) is 2.63. The van der Waals surface area contributed by atoms with Crippen LogP contribution in [0.4, 0.5) is 13.2 Å². The van der Waals surface area contributed by atoms with Crippen molar-refractivity contribution in [1.29, 1.82) is 0 Å². The van der Waals surface area contributed by atoms with E-state index in [1.54, 1.807) is 0 Å². The van der Waals surface area contributed by atoms with Gasteiger partial charge in [-0.2, -0.15) is 21.6 Å². The van der Waals surface area contributed by atoms with Gasteiger partial charge >= 0.3 is 15.6 Å². The van der Waals surface area contributed by atoms with Crippen molar-refractivity contribution in [1.82, 2.24) is 0 Å². The highest BCUT2D eigenvalue weighted by Crippen LogP contribution is 2.38. The van der Waals surface area contributed by atoms with Crippen LogP contribution in [0.25, 0.3) is 0 Å². The lowest BCUT2D eigenvalue weighted by molar-refractivity contribution is -0.235. The van der Waals surface area contributed by atoms with E-state index in [-0.39, 0.29) is 0 Å². The van der Waals surface area contributed by atoms with Crippen LogP contribution in [-0.2, 0) is 33.2 Å². The van der Waals surface area contributed by atoms with Gasteiger partial charge in [0.25, 0.3) is 0 Å². The molecule has 21 heavy (non-hydrogen) atoms. The average Bonchev–Trinajstić information content (AvgIpc) is 2.63. The van der Waals surface area contributed by atoms with E-state index >= 15 is 0 Å². The Labute approximate surface area is 119 Å². The fourth-order valence-corrected chi connectivity index (χ4v) is 2.80. The quantitative estimate of drug-likeness (QED) is 0.555. The van der Waals surface area contributed by atoms with Gasteiger partial charge in [0.15, 0.2) is 12.1 Å². The molecule has 2 aliphatic heterocycles. The Bertz CT molecular complexity index is 489. The molecule has 0 aromatic carbocycles. The Hall–Kier alpha value is -0.460. The number of ether oxygens (including phenoxy) is 4. The van der Waals surface area contributed by atoms with Crippen molar-refractivity contribution in [2.75, 3.05) is 13.7 Å². The summed E-state index contributed by atoms with van der Waals surface area (Å²) in [6, 6.07) is 0. The third-order valence-electron chi connectivity index (χ3n) is 2.99. The van der Waals surface area contributed by atoms with Gasteiger partial charge in [-0.25, -0.2) is 0 Å². The summed E-state index contributed by atoms with van der Waals surface area (Å²) in [5, 5.41) is 0. The third kappa shape index (κ3) is 3.32. The van der Waals surface area contributed by atoms with Crippen molar-refractivity contribution in [2.24, 2.45) is 0 Å². The summed E-state index contributed by atoms with van der Waals surface area (Å²) in [5.74, 6) is -1.12. The van der Waals surface area contributed by atoms with Gasteiger partial charge in [0.05, 0.1) is 6.61 Å². The molecule has 2 saturated heterocycles. The average molecular weight is 336 g/mol. The summed E-state index contributed by atoms with van der Waals surface area (Å²) in [7, 11) is -4.43. The maximum atomic E-state index is 12.4. The Morgan fingerprint density at radius 3 is 2.29 bits per heavy atom. The summed E-state index contributed by atoms with van der Waals surface area (Å²) in [5.41, 5.74) is -5.52. The van der Waals surface area contributed by atoms with Gasteiger partial charge in [-0.1, -0.05) is 0 Å². The molecule has 0 saturated carbocycles. The van der Waals surface area contributed by atoms with Crippen LogP contribution in [-0.4, -0.2) is 58.0 Å². The fourth-order valence-electron chi connectivity index (χ4n) is 2.20. The molecular weight excluding hydrogens is 321 g/mol. The largest absolute Gasteiger partial charge is 0.523 e. The molecule has 7 nitrogen and oxygen atoms in total. The molecule has 0 aromatic rings. The van der Waals surface area contributed by atoms with Gasteiger partial charge in [-0.15, -0.1) is 0 Å². The van der Waals surface area contributed by atoms with Crippen molar-refractivity contribution >= 4 is 10.1 Å². The van der Waals surface area contributed by atoms with Crippen molar-refractivity contribution in [3.63, 3.8) is 0 Å². The monoisotopic (exact) mass is 336 g/mol. The summed E-state index contributed by atoms with van der Waals surface area (Å²) in [6.07, 6.45) is -4.32. The molecule has 2 heterocycles. The predicted octanol–water partition coefficient (Wildman–Crippen LogP) is 0.744. The van der Waals surface area contributed by atoms with E-state index in [9.17, 15) is 21.6 Å².